The van der Waals surface area contributed by atoms with Crippen LogP contribution in [0.15, 0.2) is 97.1 Å². The quantitative estimate of drug-likeness (QED) is 0.354. The van der Waals surface area contributed by atoms with Crippen LogP contribution in [0.25, 0.3) is 11.1 Å². The SMILES string of the molecule is CC1(C)c2ccccc2Oc2ccc(-c3ccc(C(N)OCc4ccccc4)cc3)cc21. The van der Waals surface area contributed by atoms with Crippen molar-refractivity contribution in [3.8, 4) is 22.6 Å². The summed E-state index contributed by atoms with van der Waals surface area (Å²) in [5.74, 6) is 1.86. The average molecular weight is 422 g/mol. The Morgan fingerprint density at radius 2 is 1.41 bits per heavy atom. The predicted octanol–water partition coefficient (Wildman–Crippen LogP) is 6.96. The zero-order chi connectivity index (χ0) is 22.1. The lowest BCUT2D eigenvalue weighted by molar-refractivity contribution is 0.0441. The zero-order valence-corrected chi connectivity index (χ0v) is 18.4. The third kappa shape index (κ3) is 3.81. The predicted molar refractivity (Wildman–Crippen MR) is 129 cm³/mol. The molecule has 160 valence electrons. The van der Waals surface area contributed by atoms with Crippen LogP contribution < -0.4 is 10.5 Å². The van der Waals surface area contributed by atoms with Gasteiger partial charge in [0.15, 0.2) is 0 Å². The minimum atomic E-state index is -0.461. The molecule has 0 radical (unpaired) electrons. The van der Waals surface area contributed by atoms with Crippen molar-refractivity contribution in [2.75, 3.05) is 0 Å². The molecule has 5 rings (SSSR count). The number of benzene rings is 4. The monoisotopic (exact) mass is 421 g/mol. The van der Waals surface area contributed by atoms with Gasteiger partial charge in [0.2, 0.25) is 0 Å². The molecule has 0 amide bonds. The second-order valence-corrected chi connectivity index (χ2v) is 8.77. The first-order chi connectivity index (χ1) is 15.5. The lowest BCUT2D eigenvalue weighted by Crippen LogP contribution is -2.24. The second kappa shape index (κ2) is 8.27. The fraction of sp³-hybridized carbons (Fsp3) is 0.172. The molecule has 0 saturated carbocycles. The Kier molecular flexibility index (Phi) is 5.30. The van der Waals surface area contributed by atoms with Crippen molar-refractivity contribution in [2.45, 2.75) is 32.1 Å². The van der Waals surface area contributed by atoms with Gasteiger partial charge in [0.25, 0.3) is 0 Å². The summed E-state index contributed by atoms with van der Waals surface area (Å²) >= 11 is 0. The van der Waals surface area contributed by atoms with Crippen LogP contribution in [0.3, 0.4) is 0 Å². The molecule has 1 heterocycles. The number of fused-ring (bicyclic) bond motifs is 2. The van der Waals surface area contributed by atoms with Gasteiger partial charge in [-0.3, -0.25) is 0 Å². The van der Waals surface area contributed by atoms with E-state index in [9.17, 15) is 0 Å². The van der Waals surface area contributed by atoms with E-state index < -0.39 is 6.23 Å². The van der Waals surface area contributed by atoms with Gasteiger partial charge in [-0.2, -0.15) is 0 Å². The van der Waals surface area contributed by atoms with E-state index in [1.165, 1.54) is 11.1 Å². The van der Waals surface area contributed by atoms with E-state index in [1.54, 1.807) is 0 Å². The summed E-state index contributed by atoms with van der Waals surface area (Å²) in [6.07, 6.45) is -0.461. The largest absolute Gasteiger partial charge is 0.457 e. The highest BCUT2D eigenvalue weighted by atomic mass is 16.5. The average Bonchev–Trinajstić information content (AvgIpc) is 2.83. The van der Waals surface area contributed by atoms with Gasteiger partial charge in [-0.05, 0) is 40.5 Å². The number of hydrogen-bond donors (Lipinski definition) is 1. The third-order valence-electron chi connectivity index (χ3n) is 6.28. The highest BCUT2D eigenvalue weighted by molar-refractivity contribution is 5.69. The molecule has 0 aromatic heterocycles. The first kappa shape index (κ1) is 20.5. The normalized spacial score (nSPS) is 14.7. The molecule has 3 nitrogen and oxygen atoms in total. The van der Waals surface area contributed by atoms with Gasteiger partial charge in [-0.25, -0.2) is 0 Å². The standard InChI is InChI=1S/C29H27NO2/c1-29(2)24-10-6-7-11-26(24)32-27-17-16-23(18-25(27)29)21-12-14-22(15-13-21)28(30)31-19-20-8-4-3-5-9-20/h3-18,28H,19,30H2,1-2H3. The van der Waals surface area contributed by atoms with Crippen molar-refractivity contribution in [2.24, 2.45) is 5.73 Å². The van der Waals surface area contributed by atoms with E-state index in [1.807, 2.05) is 54.6 Å². The number of ether oxygens (including phenoxy) is 2. The molecule has 0 fully saturated rings. The van der Waals surface area contributed by atoms with E-state index in [-0.39, 0.29) is 5.41 Å². The first-order valence-corrected chi connectivity index (χ1v) is 11.0. The Hall–Kier alpha value is -3.40. The molecular formula is C29H27NO2. The van der Waals surface area contributed by atoms with Gasteiger partial charge in [-0.15, -0.1) is 0 Å². The lowest BCUT2D eigenvalue weighted by Gasteiger charge is -2.34. The van der Waals surface area contributed by atoms with Crippen LogP contribution in [0.2, 0.25) is 0 Å². The molecule has 1 unspecified atom stereocenters. The topological polar surface area (TPSA) is 44.5 Å². The minimum Gasteiger partial charge on any atom is -0.457 e. The maximum absolute atomic E-state index is 6.26. The van der Waals surface area contributed by atoms with Crippen molar-refractivity contribution in [1.82, 2.24) is 0 Å². The summed E-state index contributed by atoms with van der Waals surface area (Å²) < 4.78 is 12.0. The van der Waals surface area contributed by atoms with Crippen LogP contribution in [0.4, 0.5) is 0 Å². The van der Waals surface area contributed by atoms with Gasteiger partial charge in [0.1, 0.15) is 17.7 Å². The summed E-state index contributed by atoms with van der Waals surface area (Å²) in [6, 6.07) is 33.1. The van der Waals surface area contributed by atoms with E-state index in [0.29, 0.717) is 6.61 Å². The number of hydrogen-bond acceptors (Lipinski definition) is 3. The van der Waals surface area contributed by atoms with Crippen molar-refractivity contribution in [1.29, 1.82) is 0 Å². The number of para-hydroxylation sites is 1. The second-order valence-electron chi connectivity index (χ2n) is 8.77. The van der Waals surface area contributed by atoms with Crippen LogP contribution >= 0.6 is 0 Å². The summed E-state index contributed by atoms with van der Waals surface area (Å²) in [6.45, 7) is 5.00. The Labute approximate surface area is 189 Å². The van der Waals surface area contributed by atoms with Crippen molar-refractivity contribution in [3.05, 3.63) is 119 Å². The highest BCUT2D eigenvalue weighted by Gasteiger charge is 2.34. The Morgan fingerprint density at radius 3 is 2.19 bits per heavy atom. The molecule has 4 aromatic rings. The molecule has 1 aliphatic heterocycles. The molecule has 0 spiro atoms. The highest BCUT2D eigenvalue weighted by Crippen LogP contribution is 2.48. The molecule has 32 heavy (non-hydrogen) atoms. The van der Waals surface area contributed by atoms with Gasteiger partial charge in [-0.1, -0.05) is 92.7 Å². The molecule has 0 saturated heterocycles. The van der Waals surface area contributed by atoms with Gasteiger partial charge in [0, 0.05) is 16.5 Å². The molecule has 4 aromatic carbocycles. The van der Waals surface area contributed by atoms with Gasteiger partial charge < -0.3 is 15.2 Å². The Bertz CT molecular complexity index is 1230. The van der Waals surface area contributed by atoms with E-state index >= 15 is 0 Å². The van der Waals surface area contributed by atoms with Crippen LogP contribution in [0.1, 0.15) is 42.3 Å². The minimum absolute atomic E-state index is 0.131. The molecule has 0 aliphatic carbocycles. The molecule has 0 bridgehead atoms. The van der Waals surface area contributed by atoms with Crippen LogP contribution in [0.5, 0.6) is 11.5 Å². The van der Waals surface area contributed by atoms with Crippen LogP contribution in [-0.2, 0) is 16.8 Å². The summed E-state index contributed by atoms with van der Waals surface area (Å²) in [5, 5.41) is 0. The first-order valence-electron chi connectivity index (χ1n) is 11.0. The van der Waals surface area contributed by atoms with Crippen LogP contribution in [0, 0.1) is 0 Å². The van der Waals surface area contributed by atoms with E-state index in [2.05, 4.69) is 56.3 Å². The molecule has 1 aliphatic rings. The maximum atomic E-state index is 6.26. The molecule has 1 atom stereocenters. The number of rotatable bonds is 5. The van der Waals surface area contributed by atoms with Crippen molar-refractivity contribution < 1.29 is 9.47 Å². The smallest absolute Gasteiger partial charge is 0.132 e. The zero-order valence-electron chi connectivity index (χ0n) is 18.4. The summed E-state index contributed by atoms with van der Waals surface area (Å²) in [5.41, 5.74) is 12.9. The molecular weight excluding hydrogens is 394 g/mol. The summed E-state index contributed by atoms with van der Waals surface area (Å²) in [4.78, 5) is 0. The fourth-order valence-electron chi connectivity index (χ4n) is 4.34. The molecule has 2 N–H and O–H groups in total. The maximum Gasteiger partial charge on any atom is 0.132 e. The van der Waals surface area contributed by atoms with E-state index in [4.69, 9.17) is 15.2 Å². The van der Waals surface area contributed by atoms with Crippen molar-refractivity contribution >= 4 is 0 Å². The lowest BCUT2D eigenvalue weighted by atomic mass is 9.75. The summed E-state index contributed by atoms with van der Waals surface area (Å²) in [7, 11) is 0. The van der Waals surface area contributed by atoms with Crippen LogP contribution in [-0.4, -0.2) is 0 Å². The number of nitrogens with two attached hydrogens (primary N) is 1. The van der Waals surface area contributed by atoms with E-state index in [0.717, 1.165) is 33.8 Å². The van der Waals surface area contributed by atoms with Crippen molar-refractivity contribution in [3.63, 3.8) is 0 Å². The Balaban J connectivity index is 1.36. The Morgan fingerprint density at radius 1 is 0.750 bits per heavy atom. The van der Waals surface area contributed by atoms with Gasteiger partial charge >= 0.3 is 0 Å². The van der Waals surface area contributed by atoms with Gasteiger partial charge in [0.05, 0.1) is 6.61 Å². The third-order valence-corrected chi connectivity index (χ3v) is 6.28. The fourth-order valence-corrected chi connectivity index (χ4v) is 4.34. The molecule has 3 heteroatoms.